The van der Waals surface area contributed by atoms with E-state index in [9.17, 15) is 4.57 Å². The van der Waals surface area contributed by atoms with Crippen molar-refractivity contribution < 1.29 is 9.09 Å². The summed E-state index contributed by atoms with van der Waals surface area (Å²) >= 11 is 0. The zero-order valence-electron chi connectivity index (χ0n) is 9.84. The zero-order valence-corrected chi connectivity index (χ0v) is 10.7. The molecular weight excluding hydrogens is 233 g/mol. The van der Waals surface area contributed by atoms with Gasteiger partial charge in [0.2, 0.25) is 0 Å². The van der Waals surface area contributed by atoms with E-state index in [2.05, 4.69) is 18.2 Å². The Morgan fingerprint density at radius 2 is 1.94 bits per heavy atom. The Hall–Kier alpha value is -1.15. The van der Waals surface area contributed by atoms with Crippen LogP contribution in [0.3, 0.4) is 0 Å². The van der Waals surface area contributed by atoms with Crippen molar-refractivity contribution in [3.05, 3.63) is 55.6 Å². The van der Waals surface area contributed by atoms with Crippen LogP contribution in [-0.2, 0) is 9.09 Å². The Bertz CT molecular complexity index is 403. The highest BCUT2D eigenvalue weighted by molar-refractivity contribution is 7.65. The molecule has 0 fully saturated rings. The lowest BCUT2D eigenvalue weighted by Gasteiger charge is -2.18. The molecule has 4 heteroatoms. The average molecular weight is 251 g/mol. The van der Waals surface area contributed by atoms with E-state index >= 15 is 0 Å². The molecule has 0 aliphatic rings. The molecule has 1 N–H and O–H groups in total. The normalized spacial score (nSPS) is 13.9. The number of hydrogen-bond donors (Lipinski definition) is 1. The summed E-state index contributed by atoms with van der Waals surface area (Å²) in [6, 6.07) is 9.16. The first-order chi connectivity index (χ1) is 8.23. The molecule has 92 valence electrons. The smallest absolute Gasteiger partial charge is 0.300 e. The number of rotatable bonds is 8. The lowest BCUT2D eigenvalue weighted by Crippen LogP contribution is -2.22. The van der Waals surface area contributed by atoms with Crippen molar-refractivity contribution in [3.8, 4) is 0 Å². The summed E-state index contributed by atoms with van der Waals surface area (Å²) in [5.74, 6) is 0. The molecule has 0 heterocycles. The molecule has 1 aromatic rings. The lowest BCUT2D eigenvalue weighted by molar-refractivity contribution is 0.352. The van der Waals surface area contributed by atoms with Gasteiger partial charge in [-0.2, -0.15) is 0 Å². The van der Waals surface area contributed by atoms with Crippen LogP contribution in [0, 0.1) is 0 Å². The fourth-order valence-corrected chi connectivity index (χ4v) is 3.03. The van der Waals surface area contributed by atoms with Crippen LogP contribution in [0.2, 0.25) is 0 Å². The Kier molecular flexibility index (Phi) is 5.92. The Balaban J connectivity index is 2.81. The van der Waals surface area contributed by atoms with E-state index in [1.54, 1.807) is 24.3 Å². The molecule has 0 saturated carbocycles. The van der Waals surface area contributed by atoms with Crippen molar-refractivity contribution in [1.82, 2.24) is 5.09 Å². The van der Waals surface area contributed by atoms with Crippen LogP contribution in [0.25, 0.3) is 0 Å². The maximum atomic E-state index is 12.6. The van der Waals surface area contributed by atoms with Gasteiger partial charge in [0.15, 0.2) is 0 Å². The second-order valence-corrected chi connectivity index (χ2v) is 5.65. The van der Waals surface area contributed by atoms with Gasteiger partial charge in [-0.15, -0.1) is 13.2 Å². The van der Waals surface area contributed by atoms with Gasteiger partial charge in [0.25, 0.3) is 7.52 Å². The summed E-state index contributed by atoms with van der Waals surface area (Å²) in [6.45, 7) is 8.03. The third kappa shape index (κ3) is 4.31. The Morgan fingerprint density at radius 3 is 2.53 bits per heavy atom. The first-order valence-corrected chi connectivity index (χ1v) is 7.12. The summed E-state index contributed by atoms with van der Waals surface area (Å²) in [7, 11) is -2.99. The molecule has 1 aromatic carbocycles. The molecule has 17 heavy (non-hydrogen) atoms. The maximum Gasteiger partial charge on any atom is 0.300 e. The van der Waals surface area contributed by atoms with Crippen molar-refractivity contribution >= 4 is 12.8 Å². The minimum atomic E-state index is -2.99. The zero-order chi connectivity index (χ0) is 12.6. The monoisotopic (exact) mass is 251 g/mol. The first-order valence-electron chi connectivity index (χ1n) is 5.50. The molecule has 0 aliphatic heterocycles. The van der Waals surface area contributed by atoms with Crippen LogP contribution in [-0.4, -0.2) is 13.2 Å². The van der Waals surface area contributed by atoms with Gasteiger partial charge in [-0.3, -0.25) is 4.57 Å². The largest absolute Gasteiger partial charge is 0.310 e. The van der Waals surface area contributed by atoms with Gasteiger partial charge >= 0.3 is 0 Å². The van der Waals surface area contributed by atoms with Crippen LogP contribution < -0.4 is 10.4 Å². The second kappa shape index (κ2) is 7.23. The molecule has 0 aromatic heterocycles. The predicted molar refractivity (Wildman–Crippen MR) is 72.6 cm³/mol. The fraction of sp³-hybridized carbons (Fsp3) is 0.231. The molecule has 1 atom stereocenters. The van der Waals surface area contributed by atoms with E-state index in [4.69, 9.17) is 4.52 Å². The van der Waals surface area contributed by atoms with Gasteiger partial charge in [-0.05, 0) is 18.6 Å². The van der Waals surface area contributed by atoms with Crippen molar-refractivity contribution in [2.75, 3.05) is 13.2 Å². The molecule has 0 saturated heterocycles. The highest BCUT2D eigenvalue weighted by Gasteiger charge is 2.24. The molecule has 3 nitrogen and oxygen atoms in total. The SMILES string of the molecule is C=CCCNP(=O)(OCC=C)c1ccccc1. The van der Waals surface area contributed by atoms with Gasteiger partial charge < -0.3 is 4.52 Å². The quantitative estimate of drug-likeness (QED) is 0.438. The fourth-order valence-electron chi connectivity index (χ4n) is 1.31. The Morgan fingerprint density at radius 1 is 1.24 bits per heavy atom. The van der Waals surface area contributed by atoms with Crippen molar-refractivity contribution in [1.29, 1.82) is 0 Å². The van der Waals surface area contributed by atoms with Crippen LogP contribution in [0.1, 0.15) is 6.42 Å². The molecule has 1 unspecified atom stereocenters. The summed E-state index contributed by atoms with van der Waals surface area (Å²) in [5.41, 5.74) is 0. The Labute approximate surface area is 103 Å². The summed E-state index contributed by atoms with van der Waals surface area (Å²) in [5, 5.41) is 3.63. The predicted octanol–water partition coefficient (Wildman–Crippen LogP) is 2.87. The van der Waals surface area contributed by atoms with Crippen LogP contribution in [0.4, 0.5) is 0 Å². The second-order valence-electron chi connectivity index (χ2n) is 3.46. The van der Waals surface area contributed by atoms with Crippen molar-refractivity contribution in [3.63, 3.8) is 0 Å². The van der Waals surface area contributed by atoms with Gasteiger partial charge in [0.05, 0.1) is 11.9 Å². The average Bonchev–Trinajstić information content (AvgIpc) is 2.38. The van der Waals surface area contributed by atoms with E-state index in [0.717, 1.165) is 6.42 Å². The first kappa shape index (κ1) is 13.9. The molecule has 0 amide bonds. The van der Waals surface area contributed by atoms with Gasteiger partial charge in [0.1, 0.15) is 0 Å². The summed E-state index contributed by atoms with van der Waals surface area (Å²) < 4.78 is 18.0. The van der Waals surface area contributed by atoms with E-state index < -0.39 is 7.52 Å². The highest BCUT2D eigenvalue weighted by atomic mass is 31.2. The molecule has 0 aliphatic carbocycles. The minimum Gasteiger partial charge on any atom is -0.310 e. The number of benzene rings is 1. The molecule has 0 radical (unpaired) electrons. The summed E-state index contributed by atoms with van der Waals surface area (Å²) in [6.07, 6.45) is 4.11. The van der Waals surface area contributed by atoms with Crippen LogP contribution in [0.5, 0.6) is 0 Å². The third-order valence-electron chi connectivity index (χ3n) is 2.14. The van der Waals surface area contributed by atoms with Crippen LogP contribution in [0.15, 0.2) is 55.6 Å². The molecular formula is C13H18NO2P. The van der Waals surface area contributed by atoms with Crippen LogP contribution >= 0.6 is 7.52 Å². The third-order valence-corrected chi connectivity index (χ3v) is 4.27. The van der Waals surface area contributed by atoms with E-state index in [1.807, 2.05) is 18.2 Å². The highest BCUT2D eigenvalue weighted by Crippen LogP contribution is 2.40. The van der Waals surface area contributed by atoms with E-state index in [1.165, 1.54) is 0 Å². The molecule has 0 bridgehead atoms. The van der Waals surface area contributed by atoms with E-state index in [-0.39, 0.29) is 6.61 Å². The van der Waals surface area contributed by atoms with Gasteiger partial charge in [-0.25, -0.2) is 5.09 Å². The van der Waals surface area contributed by atoms with E-state index in [0.29, 0.717) is 11.8 Å². The lowest BCUT2D eigenvalue weighted by atomic mass is 10.4. The summed E-state index contributed by atoms with van der Waals surface area (Å²) in [4.78, 5) is 0. The van der Waals surface area contributed by atoms with Gasteiger partial charge in [-0.1, -0.05) is 30.4 Å². The minimum absolute atomic E-state index is 0.257. The molecule has 1 rings (SSSR count). The number of nitrogens with one attached hydrogen (secondary N) is 1. The number of hydrogen-bond acceptors (Lipinski definition) is 2. The molecule has 0 spiro atoms. The maximum absolute atomic E-state index is 12.6. The van der Waals surface area contributed by atoms with Gasteiger partial charge in [0, 0.05) is 6.54 Å². The van der Waals surface area contributed by atoms with Crippen molar-refractivity contribution in [2.45, 2.75) is 6.42 Å². The van der Waals surface area contributed by atoms with Crippen molar-refractivity contribution in [2.24, 2.45) is 0 Å². The topological polar surface area (TPSA) is 38.3 Å². The standard InChI is InChI=1S/C13H18NO2P/c1-3-5-11-14-17(15,16-12-4-2)13-9-7-6-8-10-13/h3-4,6-10H,1-2,5,11-12H2,(H,14,15).